The SMILES string of the molecule is CCc1ccc2nc(N3CCN(C(=O)COc4ccc(C)c(C)c4)CC3)sc2c1. The quantitative estimate of drug-likeness (QED) is 0.633. The molecular weight excluding hydrogens is 382 g/mol. The van der Waals surface area contributed by atoms with Crippen LogP contribution in [0.2, 0.25) is 0 Å². The molecule has 0 unspecified atom stereocenters. The second-order valence-corrected chi connectivity index (χ2v) is 8.56. The van der Waals surface area contributed by atoms with Gasteiger partial charge in [0.1, 0.15) is 5.75 Å². The smallest absolute Gasteiger partial charge is 0.260 e. The highest BCUT2D eigenvalue weighted by Crippen LogP contribution is 2.30. The van der Waals surface area contributed by atoms with Crippen LogP contribution in [-0.2, 0) is 11.2 Å². The van der Waals surface area contributed by atoms with Gasteiger partial charge in [-0.25, -0.2) is 4.98 Å². The Hall–Kier alpha value is -2.60. The predicted molar refractivity (Wildman–Crippen MR) is 119 cm³/mol. The van der Waals surface area contributed by atoms with E-state index in [1.807, 2.05) is 30.0 Å². The number of benzene rings is 2. The lowest BCUT2D eigenvalue weighted by Gasteiger charge is -2.34. The number of amides is 1. The summed E-state index contributed by atoms with van der Waals surface area (Å²) in [5.74, 6) is 0.792. The molecule has 4 rings (SSSR count). The lowest BCUT2D eigenvalue weighted by molar-refractivity contribution is -0.133. The summed E-state index contributed by atoms with van der Waals surface area (Å²) in [6.45, 7) is 9.38. The van der Waals surface area contributed by atoms with Gasteiger partial charge in [-0.15, -0.1) is 0 Å². The number of hydrogen-bond donors (Lipinski definition) is 0. The Morgan fingerprint density at radius 2 is 1.86 bits per heavy atom. The van der Waals surface area contributed by atoms with Crippen molar-refractivity contribution in [2.75, 3.05) is 37.7 Å². The third-order valence-electron chi connectivity index (χ3n) is 5.59. The van der Waals surface area contributed by atoms with E-state index < -0.39 is 0 Å². The number of aromatic nitrogens is 1. The Kier molecular flexibility index (Phi) is 5.72. The third-order valence-corrected chi connectivity index (χ3v) is 6.67. The van der Waals surface area contributed by atoms with Crippen LogP contribution >= 0.6 is 11.3 Å². The summed E-state index contributed by atoms with van der Waals surface area (Å²) in [5, 5.41) is 1.05. The largest absolute Gasteiger partial charge is 0.484 e. The second kappa shape index (κ2) is 8.41. The molecule has 3 aromatic rings. The Morgan fingerprint density at radius 3 is 2.59 bits per heavy atom. The lowest BCUT2D eigenvalue weighted by Crippen LogP contribution is -2.50. The molecule has 0 saturated carbocycles. The number of rotatable bonds is 5. The first kappa shape index (κ1) is 19.7. The van der Waals surface area contributed by atoms with E-state index in [1.54, 1.807) is 11.3 Å². The van der Waals surface area contributed by atoms with Crippen LogP contribution in [0.1, 0.15) is 23.6 Å². The number of carbonyl (C=O) groups is 1. The number of anilines is 1. The van der Waals surface area contributed by atoms with Gasteiger partial charge in [0.15, 0.2) is 11.7 Å². The molecule has 0 aliphatic carbocycles. The molecule has 0 atom stereocenters. The van der Waals surface area contributed by atoms with Gasteiger partial charge in [-0.1, -0.05) is 30.4 Å². The van der Waals surface area contributed by atoms with Crippen LogP contribution in [0.3, 0.4) is 0 Å². The van der Waals surface area contributed by atoms with Gasteiger partial charge in [0.05, 0.1) is 10.2 Å². The summed E-state index contributed by atoms with van der Waals surface area (Å²) in [5.41, 5.74) is 4.79. The van der Waals surface area contributed by atoms with E-state index in [4.69, 9.17) is 9.72 Å². The van der Waals surface area contributed by atoms with Crippen molar-refractivity contribution in [3.05, 3.63) is 53.1 Å². The highest BCUT2D eigenvalue weighted by molar-refractivity contribution is 7.22. The zero-order valence-electron chi connectivity index (χ0n) is 17.3. The molecule has 0 spiro atoms. The zero-order valence-corrected chi connectivity index (χ0v) is 18.1. The van der Waals surface area contributed by atoms with Crippen molar-refractivity contribution in [3.8, 4) is 5.75 Å². The highest BCUT2D eigenvalue weighted by Gasteiger charge is 2.23. The maximum atomic E-state index is 12.5. The first-order valence-corrected chi connectivity index (χ1v) is 11.0. The van der Waals surface area contributed by atoms with E-state index in [2.05, 4.69) is 36.9 Å². The average molecular weight is 410 g/mol. The molecule has 152 valence electrons. The van der Waals surface area contributed by atoms with Gasteiger partial charge >= 0.3 is 0 Å². The number of ether oxygens (including phenoxy) is 1. The molecule has 0 N–H and O–H groups in total. The fourth-order valence-electron chi connectivity index (χ4n) is 3.50. The van der Waals surface area contributed by atoms with Crippen LogP contribution in [0.5, 0.6) is 5.75 Å². The standard InChI is InChI=1S/C23H27N3O2S/c1-4-18-6-8-20-21(14-18)29-23(24-20)26-11-9-25(10-12-26)22(27)15-28-19-7-5-16(2)17(3)13-19/h5-8,13-14H,4,9-12,15H2,1-3H3. The van der Waals surface area contributed by atoms with Gasteiger partial charge in [-0.05, 0) is 61.2 Å². The third kappa shape index (κ3) is 4.37. The monoisotopic (exact) mass is 409 g/mol. The average Bonchev–Trinajstić information content (AvgIpc) is 3.17. The van der Waals surface area contributed by atoms with Gasteiger partial charge in [0.25, 0.3) is 5.91 Å². The normalized spacial score (nSPS) is 14.4. The summed E-state index contributed by atoms with van der Waals surface area (Å²) in [6, 6.07) is 12.4. The van der Waals surface area contributed by atoms with Crippen LogP contribution in [0, 0.1) is 13.8 Å². The predicted octanol–water partition coefficient (Wildman–Crippen LogP) is 4.20. The molecule has 2 heterocycles. The molecule has 1 aromatic heterocycles. The minimum Gasteiger partial charge on any atom is -0.484 e. The number of hydrogen-bond acceptors (Lipinski definition) is 5. The molecule has 0 bridgehead atoms. The molecule has 0 radical (unpaired) electrons. The minimum absolute atomic E-state index is 0.0414. The van der Waals surface area contributed by atoms with Crippen LogP contribution in [0.25, 0.3) is 10.2 Å². The summed E-state index contributed by atoms with van der Waals surface area (Å²) >= 11 is 1.74. The van der Waals surface area contributed by atoms with Crippen molar-refractivity contribution in [2.45, 2.75) is 27.2 Å². The molecule has 2 aromatic carbocycles. The van der Waals surface area contributed by atoms with Gasteiger partial charge in [0.2, 0.25) is 0 Å². The van der Waals surface area contributed by atoms with Crippen LogP contribution in [0.15, 0.2) is 36.4 Å². The zero-order chi connectivity index (χ0) is 20.4. The first-order chi connectivity index (χ1) is 14.0. The number of thiazole rings is 1. The molecule has 1 amide bonds. The van der Waals surface area contributed by atoms with Crippen molar-refractivity contribution in [1.82, 2.24) is 9.88 Å². The van der Waals surface area contributed by atoms with E-state index in [0.29, 0.717) is 13.1 Å². The fraction of sp³-hybridized carbons (Fsp3) is 0.391. The first-order valence-electron chi connectivity index (χ1n) is 10.2. The molecule has 6 heteroatoms. The highest BCUT2D eigenvalue weighted by atomic mass is 32.1. The van der Waals surface area contributed by atoms with Gasteiger partial charge in [-0.2, -0.15) is 0 Å². The summed E-state index contributed by atoms with van der Waals surface area (Å²) in [7, 11) is 0. The number of piperazine rings is 1. The molecule has 29 heavy (non-hydrogen) atoms. The number of aryl methyl sites for hydroxylation is 3. The van der Waals surface area contributed by atoms with E-state index in [9.17, 15) is 4.79 Å². The van der Waals surface area contributed by atoms with E-state index in [-0.39, 0.29) is 12.5 Å². The Morgan fingerprint density at radius 1 is 1.07 bits per heavy atom. The minimum atomic E-state index is 0.0414. The molecule has 5 nitrogen and oxygen atoms in total. The van der Waals surface area contributed by atoms with Crippen molar-refractivity contribution in [3.63, 3.8) is 0 Å². The van der Waals surface area contributed by atoms with Crippen molar-refractivity contribution >= 4 is 32.6 Å². The summed E-state index contributed by atoms with van der Waals surface area (Å²) in [4.78, 5) is 21.5. The Labute approximate surface area is 175 Å². The molecule has 1 aliphatic heterocycles. The number of carbonyl (C=O) groups excluding carboxylic acids is 1. The van der Waals surface area contributed by atoms with Crippen molar-refractivity contribution in [2.24, 2.45) is 0 Å². The maximum Gasteiger partial charge on any atom is 0.260 e. The van der Waals surface area contributed by atoms with Gasteiger partial charge in [0, 0.05) is 26.2 Å². The molecule has 1 aliphatic rings. The molecule has 1 fully saturated rings. The lowest BCUT2D eigenvalue weighted by atomic mass is 10.1. The van der Waals surface area contributed by atoms with E-state index >= 15 is 0 Å². The number of nitrogens with zero attached hydrogens (tertiary/aromatic N) is 3. The Bertz CT molecular complexity index is 1020. The van der Waals surface area contributed by atoms with Crippen LogP contribution in [0.4, 0.5) is 5.13 Å². The second-order valence-electron chi connectivity index (χ2n) is 7.55. The summed E-state index contributed by atoms with van der Waals surface area (Å²) in [6.07, 6.45) is 1.04. The molecular formula is C23H27N3O2S. The number of fused-ring (bicyclic) bond motifs is 1. The topological polar surface area (TPSA) is 45.7 Å². The van der Waals surface area contributed by atoms with Gasteiger partial charge < -0.3 is 14.5 Å². The van der Waals surface area contributed by atoms with Crippen molar-refractivity contribution < 1.29 is 9.53 Å². The fourth-order valence-corrected chi connectivity index (χ4v) is 4.58. The van der Waals surface area contributed by atoms with Gasteiger partial charge in [-0.3, -0.25) is 4.79 Å². The molecule has 1 saturated heterocycles. The van der Waals surface area contributed by atoms with E-state index in [1.165, 1.54) is 21.4 Å². The van der Waals surface area contributed by atoms with Crippen LogP contribution in [-0.4, -0.2) is 48.6 Å². The van der Waals surface area contributed by atoms with Crippen molar-refractivity contribution in [1.29, 1.82) is 0 Å². The van der Waals surface area contributed by atoms with Crippen LogP contribution < -0.4 is 9.64 Å². The Balaban J connectivity index is 1.32. The maximum absolute atomic E-state index is 12.5. The summed E-state index contributed by atoms with van der Waals surface area (Å²) < 4.78 is 6.95. The van der Waals surface area contributed by atoms with E-state index in [0.717, 1.165) is 35.9 Å².